The van der Waals surface area contributed by atoms with Crippen LogP contribution in [0.15, 0.2) is 18.2 Å². The Morgan fingerprint density at radius 3 is 2.42 bits per heavy atom. The van der Waals surface area contributed by atoms with Crippen molar-refractivity contribution in [2.75, 3.05) is 19.4 Å². The lowest BCUT2D eigenvalue weighted by atomic mass is 10.1. The van der Waals surface area contributed by atoms with Crippen LogP contribution in [0.4, 0.5) is 18.9 Å². The Labute approximate surface area is 114 Å². The highest BCUT2D eigenvalue weighted by molar-refractivity contribution is 6.31. The Bertz CT molecular complexity index is 475. The summed E-state index contributed by atoms with van der Waals surface area (Å²) in [6.45, 7) is 1.57. The van der Waals surface area contributed by atoms with Crippen molar-refractivity contribution in [1.29, 1.82) is 0 Å². The average Bonchev–Trinajstić information content (AvgIpc) is 2.28. The summed E-state index contributed by atoms with van der Waals surface area (Å²) in [5.74, 6) is -0.233. The molecule has 1 N–H and O–H groups in total. The Hall–Kier alpha value is -1.43. The van der Waals surface area contributed by atoms with E-state index in [1.54, 1.807) is 21.0 Å². The predicted octanol–water partition coefficient (Wildman–Crippen LogP) is 3.25. The van der Waals surface area contributed by atoms with E-state index in [1.165, 1.54) is 11.0 Å². The first-order valence-electron chi connectivity index (χ1n) is 5.47. The molecule has 1 unspecified atom stereocenters. The molecule has 3 nitrogen and oxygen atoms in total. The fraction of sp³-hybridized carbons (Fsp3) is 0.417. The molecule has 1 amide bonds. The van der Waals surface area contributed by atoms with Gasteiger partial charge in [0, 0.05) is 19.8 Å². The van der Waals surface area contributed by atoms with Crippen molar-refractivity contribution in [3.05, 3.63) is 28.8 Å². The molecule has 0 aliphatic carbocycles. The summed E-state index contributed by atoms with van der Waals surface area (Å²) in [5.41, 5.74) is -0.733. The normalized spacial score (nSPS) is 13.0. The SMILES string of the molecule is CC(Nc1ccc(Cl)c(C(F)(F)F)c1)C(=O)N(C)C. The Morgan fingerprint density at radius 1 is 1.37 bits per heavy atom. The average molecular weight is 295 g/mol. The predicted molar refractivity (Wildman–Crippen MR) is 68.2 cm³/mol. The standard InChI is InChI=1S/C12H14ClF3N2O/c1-7(11(19)18(2)3)17-8-4-5-10(13)9(6-8)12(14,15)16/h4-7,17H,1-3H3. The van der Waals surface area contributed by atoms with Gasteiger partial charge in [-0.25, -0.2) is 0 Å². The molecule has 1 atom stereocenters. The maximum atomic E-state index is 12.7. The first kappa shape index (κ1) is 15.6. The summed E-state index contributed by atoms with van der Waals surface area (Å²) >= 11 is 5.51. The molecule has 7 heteroatoms. The van der Waals surface area contributed by atoms with Crippen LogP contribution in [0.3, 0.4) is 0 Å². The molecule has 0 saturated heterocycles. The van der Waals surface area contributed by atoms with E-state index in [1.807, 2.05) is 0 Å². The highest BCUT2D eigenvalue weighted by Crippen LogP contribution is 2.36. The summed E-state index contributed by atoms with van der Waals surface area (Å²) in [4.78, 5) is 13.0. The Kier molecular flexibility index (Phi) is 4.68. The molecule has 0 bridgehead atoms. The largest absolute Gasteiger partial charge is 0.417 e. The fourth-order valence-corrected chi connectivity index (χ4v) is 1.76. The maximum absolute atomic E-state index is 12.7. The zero-order valence-corrected chi connectivity index (χ0v) is 11.4. The van der Waals surface area contributed by atoms with Crippen molar-refractivity contribution >= 4 is 23.2 Å². The summed E-state index contributed by atoms with van der Waals surface area (Å²) in [6, 6.07) is 2.82. The van der Waals surface area contributed by atoms with Crippen LogP contribution in [0.2, 0.25) is 5.02 Å². The molecule has 0 saturated carbocycles. The third-order valence-corrected chi connectivity index (χ3v) is 2.80. The number of halogens is 4. The van der Waals surface area contributed by atoms with Crippen molar-refractivity contribution in [2.24, 2.45) is 0 Å². The molecular formula is C12H14ClF3N2O. The molecule has 1 aromatic rings. The molecule has 0 aliphatic heterocycles. The minimum absolute atomic E-state index is 0.194. The second-order valence-electron chi connectivity index (χ2n) is 4.29. The van der Waals surface area contributed by atoms with Gasteiger partial charge in [-0.15, -0.1) is 0 Å². The first-order chi connectivity index (χ1) is 8.62. The van der Waals surface area contributed by atoms with Crippen molar-refractivity contribution in [2.45, 2.75) is 19.1 Å². The van der Waals surface area contributed by atoms with Crippen LogP contribution in [0.25, 0.3) is 0 Å². The molecule has 106 valence electrons. The monoisotopic (exact) mass is 294 g/mol. The zero-order valence-electron chi connectivity index (χ0n) is 10.7. The molecule has 19 heavy (non-hydrogen) atoms. The number of nitrogens with one attached hydrogen (secondary N) is 1. The van der Waals surface area contributed by atoms with Gasteiger partial charge in [0.1, 0.15) is 6.04 Å². The zero-order chi connectivity index (χ0) is 14.8. The third kappa shape index (κ3) is 4.02. The molecule has 0 spiro atoms. The van der Waals surface area contributed by atoms with Crippen LogP contribution in [0.1, 0.15) is 12.5 Å². The van der Waals surface area contributed by atoms with E-state index < -0.39 is 17.8 Å². The number of benzene rings is 1. The minimum atomic E-state index is -4.52. The number of amides is 1. The van der Waals surface area contributed by atoms with E-state index in [0.29, 0.717) is 0 Å². The van der Waals surface area contributed by atoms with Crippen LogP contribution in [-0.2, 0) is 11.0 Å². The fourth-order valence-electron chi connectivity index (χ4n) is 1.53. The second-order valence-corrected chi connectivity index (χ2v) is 4.70. The van der Waals surface area contributed by atoms with Crippen LogP contribution in [0, 0.1) is 0 Å². The number of likely N-dealkylation sites (N-methyl/N-ethyl adjacent to an activating group) is 1. The summed E-state index contributed by atoms with van der Waals surface area (Å²) in [6.07, 6.45) is -4.52. The quantitative estimate of drug-likeness (QED) is 0.928. The molecule has 0 aliphatic rings. The maximum Gasteiger partial charge on any atom is 0.417 e. The van der Waals surface area contributed by atoms with Gasteiger partial charge in [0.25, 0.3) is 0 Å². The second kappa shape index (κ2) is 5.69. The van der Waals surface area contributed by atoms with Gasteiger partial charge in [-0.1, -0.05) is 11.6 Å². The van der Waals surface area contributed by atoms with Gasteiger partial charge >= 0.3 is 6.18 Å². The van der Waals surface area contributed by atoms with E-state index in [-0.39, 0.29) is 16.6 Å². The lowest BCUT2D eigenvalue weighted by Gasteiger charge is -2.20. The van der Waals surface area contributed by atoms with Crippen LogP contribution in [-0.4, -0.2) is 30.9 Å². The van der Waals surface area contributed by atoms with E-state index in [2.05, 4.69) is 5.32 Å². The van der Waals surface area contributed by atoms with Gasteiger partial charge in [0.2, 0.25) is 5.91 Å². The molecule has 0 radical (unpaired) electrons. The first-order valence-corrected chi connectivity index (χ1v) is 5.85. The number of carbonyl (C=O) groups is 1. The summed E-state index contributed by atoms with van der Waals surface area (Å²) in [7, 11) is 3.15. The van der Waals surface area contributed by atoms with E-state index in [4.69, 9.17) is 11.6 Å². The molecule has 0 fully saturated rings. The topological polar surface area (TPSA) is 32.3 Å². The van der Waals surface area contributed by atoms with Crippen LogP contribution >= 0.6 is 11.6 Å². The van der Waals surface area contributed by atoms with Crippen molar-refractivity contribution in [1.82, 2.24) is 4.90 Å². The van der Waals surface area contributed by atoms with E-state index >= 15 is 0 Å². The Balaban J connectivity index is 2.95. The van der Waals surface area contributed by atoms with E-state index in [0.717, 1.165) is 12.1 Å². The minimum Gasteiger partial charge on any atom is -0.374 e. The molecule has 0 aromatic heterocycles. The van der Waals surface area contributed by atoms with Crippen molar-refractivity contribution in [3.63, 3.8) is 0 Å². The summed E-state index contributed by atoms with van der Waals surface area (Å²) < 4.78 is 38.0. The number of carbonyl (C=O) groups excluding carboxylic acids is 1. The van der Waals surface area contributed by atoms with Crippen molar-refractivity contribution < 1.29 is 18.0 Å². The summed E-state index contributed by atoms with van der Waals surface area (Å²) in [5, 5.41) is 2.34. The number of rotatable bonds is 3. The number of nitrogens with zero attached hydrogens (tertiary/aromatic N) is 1. The molecule has 1 rings (SSSR count). The van der Waals surface area contributed by atoms with E-state index in [9.17, 15) is 18.0 Å². The van der Waals surface area contributed by atoms with Gasteiger partial charge in [-0.05, 0) is 25.1 Å². The van der Waals surface area contributed by atoms with Crippen LogP contribution < -0.4 is 5.32 Å². The number of anilines is 1. The molecule has 0 heterocycles. The highest BCUT2D eigenvalue weighted by Gasteiger charge is 2.33. The van der Waals surface area contributed by atoms with Gasteiger partial charge in [-0.3, -0.25) is 4.79 Å². The van der Waals surface area contributed by atoms with Gasteiger partial charge in [-0.2, -0.15) is 13.2 Å². The van der Waals surface area contributed by atoms with Gasteiger partial charge < -0.3 is 10.2 Å². The third-order valence-electron chi connectivity index (χ3n) is 2.47. The number of alkyl halides is 3. The van der Waals surface area contributed by atoms with Gasteiger partial charge in [0.15, 0.2) is 0 Å². The van der Waals surface area contributed by atoms with Gasteiger partial charge in [0.05, 0.1) is 10.6 Å². The smallest absolute Gasteiger partial charge is 0.374 e. The van der Waals surface area contributed by atoms with Crippen molar-refractivity contribution in [3.8, 4) is 0 Å². The lowest BCUT2D eigenvalue weighted by molar-refractivity contribution is -0.137. The Morgan fingerprint density at radius 2 is 1.95 bits per heavy atom. The van der Waals surface area contributed by atoms with Crippen LogP contribution in [0.5, 0.6) is 0 Å². The molecule has 1 aromatic carbocycles. The number of hydrogen-bond donors (Lipinski definition) is 1. The lowest BCUT2D eigenvalue weighted by Crippen LogP contribution is -2.36. The number of hydrogen-bond acceptors (Lipinski definition) is 2. The molecular weight excluding hydrogens is 281 g/mol. The highest BCUT2D eigenvalue weighted by atomic mass is 35.5.